The van der Waals surface area contributed by atoms with Crippen LogP contribution in [0, 0.1) is 17.8 Å². The van der Waals surface area contributed by atoms with Gasteiger partial charge in [0.2, 0.25) is 0 Å². The summed E-state index contributed by atoms with van der Waals surface area (Å²) in [5.74, 6) is 2.78. The average molecular weight is 483 g/mol. The third kappa shape index (κ3) is 16.8. The van der Waals surface area contributed by atoms with E-state index in [0.29, 0.717) is 0 Å². The van der Waals surface area contributed by atoms with Gasteiger partial charge in [-0.1, -0.05) is 67.8 Å². The summed E-state index contributed by atoms with van der Waals surface area (Å²) in [5, 5.41) is 0. The largest absolute Gasteiger partial charge is 0.505 e. The summed E-state index contributed by atoms with van der Waals surface area (Å²) in [6.07, 6.45) is 29.6. The van der Waals surface area contributed by atoms with Crippen LogP contribution < -0.4 is 0 Å². The Morgan fingerprint density at radius 3 is 1.94 bits per heavy atom. The lowest BCUT2D eigenvalue weighted by atomic mass is 9.89. The number of methoxy groups -OCH3 is 2. The van der Waals surface area contributed by atoms with Gasteiger partial charge in [-0.25, -0.2) is 0 Å². The number of benzene rings is 1. The van der Waals surface area contributed by atoms with Crippen molar-refractivity contribution in [3.63, 3.8) is 0 Å². The van der Waals surface area contributed by atoms with Crippen molar-refractivity contribution in [3.8, 4) is 0 Å². The Hall–Kier alpha value is -2.42. The van der Waals surface area contributed by atoms with Gasteiger partial charge < -0.3 is 14.2 Å². The highest BCUT2D eigenvalue weighted by Crippen LogP contribution is 2.38. The first-order chi connectivity index (χ1) is 17.2. The van der Waals surface area contributed by atoms with Gasteiger partial charge in [-0.3, -0.25) is 0 Å². The highest BCUT2D eigenvalue weighted by atomic mass is 16.5. The van der Waals surface area contributed by atoms with Crippen molar-refractivity contribution in [1.29, 1.82) is 0 Å². The molecule has 0 radical (unpaired) electrons. The van der Waals surface area contributed by atoms with Crippen molar-refractivity contribution >= 4 is 0 Å². The van der Waals surface area contributed by atoms with Crippen molar-refractivity contribution in [2.45, 2.75) is 78.1 Å². The average Bonchev–Trinajstić information content (AvgIpc) is 3.58. The van der Waals surface area contributed by atoms with Crippen LogP contribution in [0.2, 0.25) is 0 Å². The maximum atomic E-state index is 4.86. The van der Waals surface area contributed by atoms with Crippen LogP contribution >= 0.6 is 0 Å². The highest BCUT2D eigenvalue weighted by Gasteiger charge is 2.25. The van der Waals surface area contributed by atoms with Crippen LogP contribution in [-0.4, -0.2) is 20.8 Å². The molecule has 3 nitrogen and oxygen atoms in total. The molecule has 196 valence electrons. The zero-order valence-corrected chi connectivity index (χ0v) is 22.7. The summed E-state index contributed by atoms with van der Waals surface area (Å²) in [4.78, 5) is 0. The first kappa shape index (κ1) is 30.6. The van der Waals surface area contributed by atoms with E-state index in [1.54, 1.807) is 26.7 Å². The van der Waals surface area contributed by atoms with Gasteiger partial charge in [0.15, 0.2) is 0 Å². The summed E-state index contributed by atoms with van der Waals surface area (Å²) in [6, 6.07) is 10.4. The zero-order chi connectivity index (χ0) is 25.4. The van der Waals surface area contributed by atoms with Gasteiger partial charge in [-0.2, -0.15) is 0 Å². The fraction of sp³-hybridized carbons (Fsp3) is 0.562. The van der Waals surface area contributed by atoms with Gasteiger partial charge in [-0.15, -0.1) is 0 Å². The molecule has 0 spiro atoms. The molecule has 3 aliphatic carbocycles. The van der Waals surface area contributed by atoms with Crippen molar-refractivity contribution in [1.82, 2.24) is 0 Å². The van der Waals surface area contributed by atoms with Crippen LogP contribution in [-0.2, 0) is 20.6 Å². The molecule has 3 heteroatoms. The molecular formula is C32H50O3. The Labute approximate surface area is 216 Å². The first-order valence-electron chi connectivity index (χ1n) is 13.6. The smallest absolute Gasteiger partial charge is 0.0845 e. The molecule has 2 bridgehead atoms. The molecule has 3 aliphatic rings. The molecule has 2 saturated carbocycles. The van der Waals surface area contributed by atoms with Gasteiger partial charge >= 0.3 is 0 Å². The lowest BCUT2D eigenvalue weighted by Gasteiger charge is -2.17. The molecule has 1 aromatic rings. The second-order valence-electron chi connectivity index (χ2n) is 9.24. The summed E-state index contributed by atoms with van der Waals surface area (Å²) >= 11 is 0. The van der Waals surface area contributed by atoms with Crippen molar-refractivity contribution in [2.75, 3.05) is 20.8 Å². The van der Waals surface area contributed by atoms with Crippen molar-refractivity contribution in [2.24, 2.45) is 17.8 Å². The highest BCUT2D eigenvalue weighted by molar-refractivity contribution is 5.15. The number of fused-ring (bicyclic) bond motifs is 2. The molecule has 0 aliphatic heterocycles. The molecule has 1 aromatic carbocycles. The number of ether oxygens (including phenoxy) is 3. The monoisotopic (exact) mass is 482 g/mol. The van der Waals surface area contributed by atoms with Crippen molar-refractivity contribution < 1.29 is 14.2 Å². The third-order valence-corrected chi connectivity index (χ3v) is 6.38. The van der Waals surface area contributed by atoms with Gasteiger partial charge in [0.1, 0.15) is 0 Å². The molecule has 2 fully saturated rings. The summed E-state index contributed by atoms with van der Waals surface area (Å²) in [5.41, 5.74) is 1.37. The van der Waals surface area contributed by atoms with E-state index in [1.807, 2.05) is 38.3 Å². The Bertz CT molecular complexity index is 687. The molecule has 35 heavy (non-hydrogen) atoms. The van der Waals surface area contributed by atoms with E-state index >= 15 is 0 Å². The van der Waals surface area contributed by atoms with E-state index in [-0.39, 0.29) is 0 Å². The van der Waals surface area contributed by atoms with E-state index in [2.05, 4.69) is 42.5 Å². The number of hydrogen-bond acceptors (Lipinski definition) is 3. The molecule has 2 unspecified atom stereocenters. The quantitative estimate of drug-likeness (QED) is 0.273. The Balaban J connectivity index is 0.000000241. The lowest BCUT2D eigenvalue weighted by molar-refractivity contribution is 0.269. The van der Waals surface area contributed by atoms with Gasteiger partial charge in [0, 0.05) is 0 Å². The molecule has 0 N–H and O–H groups in total. The number of aryl methyl sites for hydroxylation is 1. The van der Waals surface area contributed by atoms with Crippen LogP contribution in [0.4, 0.5) is 0 Å². The Kier molecular flexibility index (Phi) is 19.3. The molecule has 0 saturated heterocycles. The minimum atomic E-state index is 0.768. The summed E-state index contributed by atoms with van der Waals surface area (Å²) in [7, 11) is 3.37. The predicted molar refractivity (Wildman–Crippen MR) is 150 cm³/mol. The fourth-order valence-electron chi connectivity index (χ4n) is 4.48. The molecule has 0 amide bonds. The second-order valence-corrected chi connectivity index (χ2v) is 9.24. The van der Waals surface area contributed by atoms with Crippen LogP contribution in [0.5, 0.6) is 0 Å². The molecule has 2 atom stereocenters. The van der Waals surface area contributed by atoms with E-state index in [0.717, 1.165) is 37.2 Å². The molecule has 4 rings (SSSR count). The maximum absolute atomic E-state index is 4.86. The van der Waals surface area contributed by atoms with Gasteiger partial charge in [0.25, 0.3) is 0 Å². The topological polar surface area (TPSA) is 27.7 Å². The van der Waals surface area contributed by atoms with Crippen LogP contribution in [0.1, 0.15) is 77.2 Å². The van der Waals surface area contributed by atoms with Crippen LogP contribution in [0.15, 0.2) is 79.5 Å². The van der Waals surface area contributed by atoms with Gasteiger partial charge in [0.05, 0.1) is 39.6 Å². The first-order valence-corrected chi connectivity index (χ1v) is 13.6. The van der Waals surface area contributed by atoms with Gasteiger partial charge in [-0.05, 0) is 94.3 Å². The summed E-state index contributed by atoms with van der Waals surface area (Å²) in [6.45, 7) is 4.65. The lowest BCUT2D eigenvalue weighted by Crippen LogP contribution is -2.02. The summed E-state index contributed by atoms with van der Waals surface area (Å²) < 4.78 is 14.5. The SMILES string of the molecule is C1=CC2CCC1C2.CC=COCC.COC=CC1CCCCC1.COC=CCCc1ccccc1. The zero-order valence-electron chi connectivity index (χ0n) is 22.7. The van der Waals surface area contributed by atoms with E-state index < -0.39 is 0 Å². The Morgan fingerprint density at radius 1 is 0.829 bits per heavy atom. The molecule has 0 heterocycles. The van der Waals surface area contributed by atoms with Crippen molar-refractivity contribution in [3.05, 3.63) is 85.1 Å². The van der Waals surface area contributed by atoms with Crippen LogP contribution in [0.25, 0.3) is 0 Å². The molecule has 0 aromatic heterocycles. The van der Waals surface area contributed by atoms with E-state index in [1.165, 1.54) is 56.9 Å². The standard InChI is InChI=1S/C11H14O.C9H16O.C7H10.C5H10O/c1-12-10-6-5-9-11-7-3-2-4-8-11;1-10-8-7-9-5-3-2-4-6-9;1-2-7-4-3-6(1)5-7;1-3-5-6-4-2/h2-4,6-8,10H,5,9H2,1H3;7-9H,2-6H2,1H3;1-2,6-7H,3-5H2;3,5H,4H2,1-2H3. The van der Waals surface area contributed by atoms with E-state index in [9.17, 15) is 0 Å². The predicted octanol–water partition coefficient (Wildman–Crippen LogP) is 9.04. The Morgan fingerprint density at radius 2 is 1.49 bits per heavy atom. The second kappa shape index (κ2) is 22.1. The minimum Gasteiger partial charge on any atom is -0.505 e. The number of hydrogen-bond donors (Lipinski definition) is 0. The third-order valence-electron chi connectivity index (χ3n) is 6.38. The normalized spacial score (nSPS) is 20.6. The minimum absolute atomic E-state index is 0.768. The van der Waals surface area contributed by atoms with E-state index in [4.69, 9.17) is 14.2 Å². The maximum Gasteiger partial charge on any atom is 0.0845 e. The van der Waals surface area contributed by atoms with Crippen LogP contribution in [0.3, 0.4) is 0 Å². The fourth-order valence-corrected chi connectivity index (χ4v) is 4.48. The number of rotatable bonds is 8. The number of allylic oxidation sites excluding steroid dienone is 5. The molecular weight excluding hydrogens is 432 g/mol.